The Morgan fingerprint density at radius 3 is 1.60 bits per heavy atom. The zero-order valence-electron chi connectivity index (χ0n) is 46.8. The van der Waals surface area contributed by atoms with Crippen molar-refractivity contribution < 1.29 is 104 Å². The molecule has 18 atom stereocenters. The van der Waals surface area contributed by atoms with E-state index < -0.39 is 148 Å². The Labute approximate surface area is 461 Å². The smallest absolute Gasteiger partial charge is 0.364 e. The molecule has 2 amide bonds. The lowest BCUT2D eigenvalue weighted by atomic mass is 9.88. The zero-order valence-corrected chi connectivity index (χ0v) is 46.8. The molecule has 3 rings (SSSR count). The fraction of sp³-hybridized carbons (Fsp3) is 0.945. The van der Waals surface area contributed by atoms with E-state index in [-0.39, 0.29) is 18.9 Å². The molecule has 0 aromatic carbocycles. The van der Waals surface area contributed by atoms with E-state index in [4.69, 9.17) is 28.4 Å². The number of aliphatic hydroxyl groups is 11. The highest BCUT2D eigenvalue weighted by Gasteiger charge is 2.60. The predicted molar refractivity (Wildman–Crippen MR) is 283 cm³/mol. The van der Waals surface area contributed by atoms with Crippen molar-refractivity contribution in [3.63, 3.8) is 0 Å². The van der Waals surface area contributed by atoms with E-state index in [2.05, 4.69) is 24.5 Å². The lowest BCUT2D eigenvalue weighted by Crippen LogP contribution is -2.70. The molecular weight excluding hydrogens is 1020 g/mol. The van der Waals surface area contributed by atoms with E-state index >= 15 is 0 Å². The Morgan fingerprint density at radius 2 is 1.12 bits per heavy atom. The number of aliphatic hydroxyl groups excluding tert-OH is 11. The Bertz CT molecular complexity index is 1620. The van der Waals surface area contributed by atoms with E-state index in [1.165, 1.54) is 89.9 Å². The van der Waals surface area contributed by atoms with Crippen molar-refractivity contribution in [2.75, 3.05) is 26.4 Å². The van der Waals surface area contributed by atoms with Crippen LogP contribution in [0.1, 0.15) is 194 Å². The molecule has 458 valence electrons. The van der Waals surface area contributed by atoms with Crippen LogP contribution in [0.2, 0.25) is 0 Å². The number of carbonyl (C=O) groups excluding carboxylic acids is 2. The second-order valence-corrected chi connectivity index (χ2v) is 21.9. The highest BCUT2D eigenvalue weighted by atomic mass is 16.8. The Balaban J connectivity index is 1.67. The van der Waals surface area contributed by atoms with Gasteiger partial charge in [-0.1, -0.05) is 162 Å². The zero-order chi connectivity index (χ0) is 57.6. The summed E-state index contributed by atoms with van der Waals surface area (Å²) in [5, 5.41) is 135. The lowest BCUT2D eigenvalue weighted by molar-refractivity contribution is -0.386. The Kier molecular flexibility index (Phi) is 34.5. The van der Waals surface area contributed by atoms with Crippen molar-refractivity contribution in [2.45, 2.75) is 304 Å². The number of carbonyl (C=O) groups is 3. The van der Waals surface area contributed by atoms with Gasteiger partial charge in [-0.3, -0.25) is 9.59 Å². The molecule has 3 aliphatic heterocycles. The molecule has 3 fully saturated rings. The van der Waals surface area contributed by atoms with Gasteiger partial charge in [-0.2, -0.15) is 0 Å². The minimum atomic E-state index is -3.07. The van der Waals surface area contributed by atoms with Gasteiger partial charge < -0.3 is 100 Å². The number of ether oxygens (including phenoxy) is 6. The van der Waals surface area contributed by atoms with Crippen LogP contribution in [0.4, 0.5) is 0 Å². The molecule has 23 nitrogen and oxygen atoms in total. The summed E-state index contributed by atoms with van der Waals surface area (Å²) >= 11 is 0. The third kappa shape index (κ3) is 23.2. The molecule has 0 bridgehead atoms. The Hall–Kier alpha value is -2.27. The summed E-state index contributed by atoms with van der Waals surface area (Å²) in [5.41, 5.74) is 0. The van der Waals surface area contributed by atoms with Gasteiger partial charge in [-0.25, -0.2) is 4.79 Å². The topological polar surface area (TPSA) is 373 Å². The van der Waals surface area contributed by atoms with Crippen molar-refractivity contribution in [2.24, 2.45) is 0 Å². The maximum Gasteiger partial charge on any atom is 0.364 e. The van der Waals surface area contributed by atoms with Gasteiger partial charge in [0.25, 0.3) is 5.79 Å². The van der Waals surface area contributed by atoms with Gasteiger partial charge in [0.05, 0.1) is 50.7 Å². The van der Waals surface area contributed by atoms with Crippen LogP contribution in [0.15, 0.2) is 0 Å². The summed E-state index contributed by atoms with van der Waals surface area (Å²) in [4.78, 5) is 38.3. The molecule has 0 aliphatic carbocycles. The molecule has 3 heterocycles. The van der Waals surface area contributed by atoms with Gasteiger partial charge in [0.1, 0.15) is 67.1 Å². The minimum Gasteiger partial charge on any atom is -0.477 e. The quantitative estimate of drug-likeness (QED) is 0.0388. The molecule has 78 heavy (non-hydrogen) atoms. The third-order valence-corrected chi connectivity index (χ3v) is 15.3. The van der Waals surface area contributed by atoms with E-state index in [9.17, 15) is 75.7 Å². The number of rotatable bonds is 42. The van der Waals surface area contributed by atoms with E-state index in [0.717, 1.165) is 58.3 Å². The van der Waals surface area contributed by atoms with Gasteiger partial charge in [0, 0.05) is 19.8 Å². The van der Waals surface area contributed by atoms with Crippen molar-refractivity contribution in [1.82, 2.24) is 10.6 Å². The minimum absolute atomic E-state index is 0.227. The maximum absolute atomic E-state index is 13.3. The maximum atomic E-state index is 13.3. The number of hydrogen-bond donors (Lipinski definition) is 14. The van der Waals surface area contributed by atoms with Crippen molar-refractivity contribution in [3.05, 3.63) is 0 Å². The molecule has 18 unspecified atom stereocenters. The highest BCUT2D eigenvalue weighted by Crippen LogP contribution is 2.38. The average molecular weight is 1130 g/mol. The number of carboxylic acid groups (broad SMARTS) is 1. The summed E-state index contributed by atoms with van der Waals surface area (Å²) in [6, 6.07) is -2.52. The lowest BCUT2D eigenvalue weighted by Gasteiger charge is -2.50. The summed E-state index contributed by atoms with van der Waals surface area (Å²) < 4.78 is 34.7. The summed E-state index contributed by atoms with van der Waals surface area (Å²) in [6.07, 6.45) is -1.34. The number of nitrogens with one attached hydrogen (secondary N) is 2. The first-order valence-corrected chi connectivity index (χ1v) is 29.4. The van der Waals surface area contributed by atoms with Gasteiger partial charge in [-0.05, 0) is 12.8 Å². The van der Waals surface area contributed by atoms with Crippen molar-refractivity contribution in [1.29, 1.82) is 0 Å². The number of amides is 2. The third-order valence-electron chi connectivity index (χ3n) is 15.3. The molecule has 0 aromatic rings. The average Bonchev–Trinajstić information content (AvgIpc) is 3.45. The van der Waals surface area contributed by atoms with Crippen LogP contribution < -0.4 is 10.6 Å². The standard InChI is InChI=1S/C55H102N2O21/c1-4-6-8-10-12-14-16-17-18-19-21-23-25-27-29-42(65)57-36(37(62)28-26-24-22-20-15-13-11-9-7-5-2)34-73-52-47(69)46(68)49(41(33-60)75-52)76-53-48(70)51(45(67)40(32-59)74-53)78-55(54(71)72)30-38(63)43(56-35(3)61)50(77-55)44(66)39(64)31-58/h36-41,43-53,58-60,62-64,66-70H,4-34H2,1-3H3,(H,56,61)(H,57,65)(H,71,72). The predicted octanol–water partition coefficient (Wildman–Crippen LogP) is 1.83. The molecular formula is C55H102N2O21. The molecule has 0 aromatic heterocycles. The second kappa shape index (κ2) is 38.5. The number of unbranched alkanes of at least 4 members (excludes halogenated alkanes) is 22. The summed E-state index contributed by atoms with van der Waals surface area (Å²) in [6.45, 7) is 2.14. The SMILES string of the molecule is CCCCCCCCCCCCCCCCC(=O)NC(COC1OC(CO)C(OC2OC(CO)C(O)C(OC3(C(=O)O)CC(O)C(NC(C)=O)C(C(O)C(O)CO)O3)C2O)C(O)C1O)C(O)CCCCCCCCCCCC. The fourth-order valence-corrected chi connectivity index (χ4v) is 10.5. The summed E-state index contributed by atoms with van der Waals surface area (Å²) in [5.74, 6) is -6.10. The van der Waals surface area contributed by atoms with Crippen LogP contribution in [-0.4, -0.2) is 215 Å². The van der Waals surface area contributed by atoms with Crippen LogP contribution in [0.3, 0.4) is 0 Å². The van der Waals surface area contributed by atoms with E-state index in [1.807, 2.05) is 0 Å². The molecule has 0 saturated carbocycles. The number of carboxylic acids is 1. The second-order valence-electron chi connectivity index (χ2n) is 21.9. The monoisotopic (exact) mass is 1130 g/mol. The molecule has 3 saturated heterocycles. The van der Waals surface area contributed by atoms with Gasteiger partial charge in [-0.15, -0.1) is 0 Å². The van der Waals surface area contributed by atoms with Crippen LogP contribution in [0.5, 0.6) is 0 Å². The molecule has 23 heteroatoms. The first kappa shape index (κ1) is 70.0. The largest absolute Gasteiger partial charge is 0.477 e. The Morgan fingerprint density at radius 1 is 0.615 bits per heavy atom. The first-order valence-electron chi connectivity index (χ1n) is 29.4. The van der Waals surface area contributed by atoms with Crippen LogP contribution >= 0.6 is 0 Å². The van der Waals surface area contributed by atoms with Gasteiger partial charge in [0.2, 0.25) is 11.8 Å². The summed E-state index contributed by atoms with van der Waals surface area (Å²) in [7, 11) is 0. The molecule has 14 N–H and O–H groups in total. The molecule has 3 aliphatic rings. The van der Waals surface area contributed by atoms with Gasteiger partial charge >= 0.3 is 5.97 Å². The van der Waals surface area contributed by atoms with Crippen LogP contribution in [-0.2, 0) is 42.8 Å². The van der Waals surface area contributed by atoms with Crippen molar-refractivity contribution >= 4 is 17.8 Å². The van der Waals surface area contributed by atoms with Crippen molar-refractivity contribution in [3.8, 4) is 0 Å². The van der Waals surface area contributed by atoms with Crippen LogP contribution in [0.25, 0.3) is 0 Å². The van der Waals surface area contributed by atoms with E-state index in [1.54, 1.807) is 0 Å². The number of hydrogen-bond acceptors (Lipinski definition) is 20. The molecule has 0 radical (unpaired) electrons. The first-order chi connectivity index (χ1) is 37.4. The van der Waals surface area contributed by atoms with Crippen LogP contribution in [0, 0.1) is 0 Å². The molecule has 0 spiro atoms. The number of aliphatic carboxylic acids is 1. The highest BCUT2D eigenvalue weighted by molar-refractivity contribution is 5.77. The fourth-order valence-electron chi connectivity index (χ4n) is 10.5. The van der Waals surface area contributed by atoms with E-state index in [0.29, 0.717) is 19.3 Å². The normalized spacial score (nSPS) is 31.1. The van der Waals surface area contributed by atoms with Gasteiger partial charge in [0.15, 0.2) is 12.6 Å².